The average Bonchev–Trinajstić information content (AvgIpc) is 2.23. The van der Waals surface area contributed by atoms with Crippen molar-refractivity contribution >= 4 is 27.5 Å². The van der Waals surface area contributed by atoms with Gasteiger partial charge in [0.1, 0.15) is 6.10 Å². The van der Waals surface area contributed by atoms with Crippen LogP contribution in [0.25, 0.3) is 0 Å². The average molecular weight is 308 g/mol. The molecule has 0 bridgehead atoms. The van der Waals surface area contributed by atoms with Crippen molar-refractivity contribution in [1.82, 2.24) is 0 Å². The first kappa shape index (κ1) is 12.2. The second kappa shape index (κ2) is 4.19. The lowest BCUT2D eigenvalue weighted by atomic mass is 9.68. The summed E-state index contributed by atoms with van der Waals surface area (Å²) in [6.45, 7) is 4.07. The molecule has 2 rings (SSSR count). The fraction of sp³-hybridized carbons (Fsp3) is 0.500. The molecule has 1 aliphatic rings. The Bertz CT molecular complexity index is 408. The lowest BCUT2D eigenvalue weighted by molar-refractivity contribution is -0.0153. The van der Waals surface area contributed by atoms with Crippen molar-refractivity contribution < 1.29 is 9.13 Å². The SMILES string of the molecule is CC1(C)C(Cl)CC1Oc1cc(Br)ccc1F. The van der Waals surface area contributed by atoms with E-state index in [4.69, 9.17) is 16.3 Å². The molecule has 16 heavy (non-hydrogen) atoms. The minimum atomic E-state index is -0.336. The Morgan fingerprint density at radius 2 is 2.19 bits per heavy atom. The van der Waals surface area contributed by atoms with Gasteiger partial charge in [0.05, 0.1) is 0 Å². The molecule has 4 heteroatoms. The van der Waals surface area contributed by atoms with Crippen LogP contribution in [-0.4, -0.2) is 11.5 Å². The van der Waals surface area contributed by atoms with Crippen LogP contribution in [0.2, 0.25) is 0 Å². The van der Waals surface area contributed by atoms with Crippen molar-refractivity contribution in [3.05, 3.63) is 28.5 Å². The highest BCUT2D eigenvalue weighted by Gasteiger charge is 2.49. The molecule has 0 spiro atoms. The van der Waals surface area contributed by atoms with E-state index in [0.717, 1.165) is 10.9 Å². The molecule has 1 aliphatic carbocycles. The van der Waals surface area contributed by atoms with Crippen molar-refractivity contribution in [3.8, 4) is 5.75 Å². The minimum absolute atomic E-state index is 0.0150. The van der Waals surface area contributed by atoms with Gasteiger partial charge in [0, 0.05) is 21.7 Å². The summed E-state index contributed by atoms with van der Waals surface area (Å²) in [4.78, 5) is 0. The van der Waals surface area contributed by atoms with E-state index >= 15 is 0 Å². The lowest BCUT2D eigenvalue weighted by Crippen LogP contribution is -2.53. The maximum absolute atomic E-state index is 13.5. The number of ether oxygens (including phenoxy) is 1. The van der Waals surface area contributed by atoms with Crippen molar-refractivity contribution in [1.29, 1.82) is 0 Å². The molecule has 1 saturated carbocycles. The van der Waals surface area contributed by atoms with Crippen molar-refractivity contribution in [2.45, 2.75) is 31.7 Å². The van der Waals surface area contributed by atoms with Gasteiger partial charge in [0.15, 0.2) is 11.6 Å². The zero-order valence-electron chi connectivity index (χ0n) is 9.14. The highest BCUT2D eigenvalue weighted by atomic mass is 79.9. The molecule has 0 N–H and O–H groups in total. The molecule has 0 radical (unpaired) electrons. The molecule has 0 heterocycles. The first-order valence-electron chi connectivity index (χ1n) is 5.17. The Labute approximate surface area is 108 Å². The summed E-state index contributed by atoms with van der Waals surface area (Å²) in [5, 5.41) is 0.104. The molecule has 0 saturated heterocycles. The highest BCUT2D eigenvalue weighted by molar-refractivity contribution is 9.10. The van der Waals surface area contributed by atoms with Gasteiger partial charge in [0.2, 0.25) is 0 Å². The third-order valence-corrected chi connectivity index (χ3v) is 4.45. The van der Waals surface area contributed by atoms with Gasteiger partial charge >= 0.3 is 0 Å². The van der Waals surface area contributed by atoms with Crippen LogP contribution in [-0.2, 0) is 0 Å². The Morgan fingerprint density at radius 1 is 1.50 bits per heavy atom. The second-order valence-corrected chi connectivity index (χ2v) is 6.15. The number of benzene rings is 1. The number of halogens is 3. The third kappa shape index (κ3) is 2.07. The second-order valence-electron chi connectivity index (χ2n) is 4.71. The zero-order chi connectivity index (χ0) is 11.9. The molecule has 88 valence electrons. The standard InChI is InChI=1S/C12H13BrClFO/c1-12(2)10(14)6-11(12)16-9-5-7(13)3-4-8(9)15/h3-5,10-11H,6H2,1-2H3. The van der Waals surface area contributed by atoms with Gasteiger partial charge < -0.3 is 4.74 Å². The van der Waals surface area contributed by atoms with Crippen LogP contribution < -0.4 is 4.74 Å². The van der Waals surface area contributed by atoms with Gasteiger partial charge in [-0.1, -0.05) is 29.8 Å². The molecule has 1 nitrogen and oxygen atoms in total. The van der Waals surface area contributed by atoms with Crippen LogP contribution in [0.15, 0.2) is 22.7 Å². The fourth-order valence-corrected chi connectivity index (χ4v) is 2.40. The number of hydrogen-bond donors (Lipinski definition) is 0. The van der Waals surface area contributed by atoms with E-state index in [0.29, 0.717) is 0 Å². The summed E-state index contributed by atoms with van der Waals surface area (Å²) in [7, 11) is 0. The molecule has 1 aromatic carbocycles. The summed E-state index contributed by atoms with van der Waals surface area (Å²) in [6, 6.07) is 4.69. The van der Waals surface area contributed by atoms with Crippen molar-refractivity contribution in [2.24, 2.45) is 5.41 Å². The van der Waals surface area contributed by atoms with E-state index in [-0.39, 0.29) is 28.5 Å². The Balaban J connectivity index is 2.13. The predicted molar refractivity (Wildman–Crippen MR) is 66.6 cm³/mol. The molecule has 2 atom stereocenters. The number of hydrogen-bond acceptors (Lipinski definition) is 1. The number of alkyl halides is 1. The van der Waals surface area contributed by atoms with Gasteiger partial charge in [-0.3, -0.25) is 0 Å². The first-order valence-corrected chi connectivity index (χ1v) is 6.40. The molecular weight excluding hydrogens is 294 g/mol. The van der Waals surface area contributed by atoms with Gasteiger partial charge in [-0.25, -0.2) is 4.39 Å². The molecule has 0 aromatic heterocycles. The smallest absolute Gasteiger partial charge is 0.165 e. The maximum Gasteiger partial charge on any atom is 0.165 e. The highest BCUT2D eigenvalue weighted by Crippen LogP contribution is 2.46. The van der Waals surface area contributed by atoms with Gasteiger partial charge in [-0.05, 0) is 18.2 Å². The van der Waals surface area contributed by atoms with E-state index in [1.807, 2.05) is 13.8 Å². The van der Waals surface area contributed by atoms with Crippen LogP contribution in [0.3, 0.4) is 0 Å². The van der Waals surface area contributed by atoms with Crippen LogP contribution in [0.4, 0.5) is 4.39 Å². The topological polar surface area (TPSA) is 9.23 Å². The van der Waals surface area contributed by atoms with E-state index in [9.17, 15) is 4.39 Å². The largest absolute Gasteiger partial charge is 0.487 e. The van der Waals surface area contributed by atoms with Gasteiger partial charge in [0.25, 0.3) is 0 Å². The molecule has 2 unspecified atom stereocenters. The first-order chi connectivity index (χ1) is 7.41. The van der Waals surface area contributed by atoms with E-state index in [1.165, 1.54) is 6.07 Å². The Kier molecular flexibility index (Phi) is 3.19. The van der Waals surface area contributed by atoms with Crippen molar-refractivity contribution in [2.75, 3.05) is 0 Å². The van der Waals surface area contributed by atoms with Gasteiger partial charge in [-0.2, -0.15) is 0 Å². The summed E-state index contributed by atoms with van der Waals surface area (Å²) < 4.78 is 19.9. The Morgan fingerprint density at radius 3 is 2.75 bits per heavy atom. The summed E-state index contributed by atoms with van der Waals surface area (Å²) in [6.07, 6.45) is 0.749. The fourth-order valence-electron chi connectivity index (χ4n) is 1.76. The quantitative estimate of drug-likeness (QED) is 0.737. The van der Waals surface area contributed by atoms with E-state index < -0.39 is 0 Å². The van der Waals surface area contributed by atoms with Crippen molar-refractivity contribution in [3.63, 3.8) is 0 Å². The normalized spacial score (nSPS) is 27.3. The molecule has 1 fully saturated rings. The van der Waals surface area contributed by atoms with Crippen LogP contribution in [0, 0.1) is 11.2 Å². The maximum atomic E-state index is 13.5. The molecular formula is C12H13BrClFO. The summed E-state index contributed by atoms with van der Waals surface area (Å²) >= 11 is 9.38. The third-order valence-electron chi connectivity index (χ3n) is 3.22. The molecule has 0 amide bonds. The summed E-state index contributed by atoms with van der Waals surface area (Å²) in [5.41, 5.74) is -0.101. The van der Waals surface area contributed by atoms with E-state index in [2.05, 4.69) is 15.9 Å². The van der Waals surface area contributed by atoms with Crippen LogP contribution in [0.1, 0.15) is 20.3 Å². The predicted octanol–water partition coefficient (Wildman–Crippen LogP) is 4.37. The Hall–Kier alpha value is -0.280. The van der Waals surface area contributed by atoms with Crippen LogP contribution in [0.5, 0.6) is 5.75 Å². The summed E-state index contributed by atoms with van der Waals surface area (Å²) in [5.74, 6) is -0.0481. The van der Waals surface area contributed by atoms with E-state index in [1.54, 1.807) is 12.1 Å². The molecule has 1 aromatic rings. The van der Waals surface area contributed by atoms with Gasteiger partial charge in [-0.15, -0.1) is 11.6 Å². The zero-order valence-corrected chi connectivity index (χ0v) is 11.5. The molecule has 0 aliphatic heterocycles. The van der Waals surface area contributed by atoms with Crippen LogP contribution >= 0.6 is 27.5 Å². The number of rotatable bonds is 2. The lowest BCUT2D eigenvalue weighted by Gasteiger charge is -2.48. The minimum Gasteiger partial charge on any atom is -0.487 e. The monoisotopic (exact) mass is 306 g/mol.